The van der Waals surface area contributed by atoms with Gasteiger partial charge in [0.2, 0.25) is 5.91 Å². The Morgan fingerprint density at radius 1 is 1.41 bits per heavy atom. The summed E-state index contributed by atoms with van der Waals surface area (Å²) in [6, 6.07) is 7.17. The van der Waals surface area contributed by atoms with Gasteiger partial charge in [-0.1, -0.05) is 30.2 Å². The number of hydrogen-bond acceptors (Lipinski definition) is 3. The Bertz CT molecular complexity index is 800. The van der Waals surface area contributed by atoms with Crippen molar-refractivity contribution in [3.05, 3.63) is 53.0 Å². The summed E-state index contributed by atoms with van der Waals surface area (Å²) >= 11 is 0. The summed E-state index contributed by atoms with van der Waals surface area (Å²) in [5.41, 5.74) is 0.396. The SMILES string of the molecule is C#CCn1nc(CNC(=O)CCC=C)c2ccccc2c1=O. The van der Waals surface area contributed by atoms with Gasteiger partial charge in [-0.25, -0.2) is 4.68 Å². The van der Waals surface area contributed by atoms with Gasteiger partial charge in [-0.05, 0) is 12.5 Å². The summed E-state index contributed by atoms with van der Waals surface area (Å²) in [6.07, 6.45) is 7.97. The normalized spacial score (nSPS) is 10.1. The molecule has 0 aliphatic rings. The van der Waals surface area contributed by atoms with Crippen molar-refractivity contribution in [1.29, 1.82) is 0 Å². The summed E-state index contributed by atoms with van der Waals surface area (Å²) in [5.74, 6) is 2.33. The minimum Gasteiger partial charge on any atom is -0.350 e. The first kappa shape index (κ1) is 15.5. The lowest BCUT2D eigenvalue weighted by Gasteiger charge is -2.10. The summed E-state index contributed by atoms with van der Waals surface area (Å²) in [7, 11) is 0. The number of allylic oxidation sites excluding steroid dienone is 1. The second-order valence-corrected chi connectivity index (χ2v) is 4.76. The molecule has 5 nitrogen and oxygen atoms in total. The van der Waals surface area contributed by atoms with E-state index < -0.39 is 0 Å². The van der Waals surface area contributed by atoms with Crippen LogP contribution in [0.2, 0.25) is 0 Å². The highest BCUT2D eigenvalue weighted by Gasteiger charge is 2.10. The Labute approximate surface area is 128 Å². The number of carbonyl (C=O) groups excluding carboxylic acids is 1. The second-order valence-electron chi connectivity index (χ2n) is 4.76. The number of nitrogens with one attached hydrogen (secondary N) is 1. The van der Waals surface area contributed by atoms with E-state index in [0.717, 1.165) is 5.39 Å². The molecule has 0 unspecified atom stereocenters. The topological polar surface area (TPSA) is 64.0 Å². The first-order valence-electron chi connectivity index (χ1n) is 6.97. The molecule has 22 heavy (non-hydrogen) atoms. The third-order valence-electron chi connectivity index (χ3n) is 3.21. The Balaban J connectivity index is 2.34. The molecular weight excluding hydrogens is 278 g/mol. The number of hydrogen-bond donors (Lipinski definition) is 1. The van der Waals surface area contributed by atoms with E-state index in [9.17, 15) is 9.59 Å². The van der Waals surface area contributed by atoms with E-state index in [2.05, 4.69) is 22.9 Å². The highest BCUT2D eigenvalue weighted by molar-refractivity contribution is 5.84. The highest BCUT2D eigenvalue weighted by atomic mass is 16.1. The maximum absolute atomic E-state index is 12.3. The Kier molecular flexibility index (Phi) is 5.10. The first-order valence-corrected chi connectivity index (χ1v) is 6.97. The van der Waals surface area contributed by atoms with Gasteiger partial charge in [0.25, 0.3) is 5.56 Å². The third-order valence-corrected chi connectivity index (χ3v) is 3.21. The molecule has 0 saturated carbocycles. The number of rotatable bonds is 6. The molecule has 5 heteroatoms. The van der Waals surface area contributed by atoms with Crippen LogP contribution in [0, 0.1) is 12.3 Å². The largest absolute Gasteiger partial charge is 0.350 e. The standard InChI is InChI=1S/C17H17N3O2/c1-3-5-10-16(21)18-12-15-13-8-6-7-9-14(13)17(22)20(19-15)11-4-2/h2-3,6-9H,1,5,10-12H2,(H,18,21). The lowest BCUT2D eigenvalue weighted by Crippen LogP contribution is -2.28. The molecular formula is C17H17N3O2. The Morgan fingerprint density at radius 3 is 2.82 bits per heavy atom. The van der Waals surface area contributed by atoms with Crippen molar-refractivity contribution in [3.8, 4) is 12.3 Å². The van der Waals surface area contributed by atoms with Gasteiger partial charge in [0, 0.05) is 11.8 Å². The number of amides is 1. The first-order chi connectivity index (χ1) is 10.7. The molecule has 0 saturated heterocycles. The number of terminal acetylenes is 1. The molecule has 0 atom stereocenters. The smallest absolute Gasteiger partial charge is 0.275 e. The summed E-state index contributed by atoms with van der Waals surface area (Å²) in [4.78, 5) is 24.0. The zero-order chi connectivity index (χ0) is 15.9. The molecule has 0 bridgehead atoms. The molecule has 2 rings (SSSR count). The average molecular weight is 295 g/mol. The van der Waals surface area contributed by atoms with Crippen LogP contribution in [-0.4, -0.2) is 15.7 Å². The van der Waals surface area contributed by atoms with Gasteiger partial charge in [-0.15, -0.1) is 13.0 Å². The lowest BCUT2D eigenvalue weighted by atomic mass is 10.1. The maximum atomic E-state index is 12.3. The van der Waals surface area contributed by atoms with Crippen molar-refractivity contribution in [3.63, 3.8) is 0 Å². The molecule has 0 aliphatic heterocycles. The molecule has 0 spiro atoms. The van der Waals surface area contributed by atoms with Crippen molar-refractivity contribution in [2.45, 2.75) is 25.9 Å². The molecule has 1 N–H and O–H groups in total. The van der Waals surface area contributed by atoms with Gasteiger partial charge in [0.1, 0.15) is 6.54 Å². The van der Waals surface area contributed by atoms with Crippen molar-refractivity contribution in [2.75, 3.05) is 0 Å². The zero-order valence-electron chi connectivity index (χ0n) is 12.2. The van der Waals surface area contributed by atoms with Crippen LogP contribution in [0.4, 0.5) is 0 Å². The van der Waals surface area contributed by atoms with Crippen LogP contribution in [0.5, 0.6) is 0 Å². The van der Waals surface area contributed by atoms with Gasteiger partial charge in [0.05, 0.1) is 17.6 Å². The monoisotopic (exact) mass is 295 g/mol. The van der Waals surface area contributed by atoms with Crippen molar-refractivity contribution in [2.24, 2.45) is 0 Å². The molecule has 1 amide bonds. The predicted molar refractivity (Wildman–Crippen MR) is 86.1 cm³/mol. The molecule has 1 heterocycles. The van der Waals surface area contributed by atoms with Gasteiger partial charge in [-0.3, -0.25) is 9.59 Å². The molecule has 112 valence electrons. The fourth-order valence-electron chi connectivity index (χ4n) is 2.13. The lowest BCUT2D eigenvalue weighted by molar-refractivity contribution is -0.121. The maximum Gasteiger partial charge on any atom is 0.275 e. The van der Waals surface area contributed by atoms with E-state index in [1.807, 2.05) is 12.1 Å². The fraction of sp³-hybridized carbons (Fsp3) is 0.235. The molecule has 0 radical (unpaired) electrons. The second kappa shape index (κ2) is 7.23. The van der Waals surface area contributed by atoms with Gasteiger partial charge in [0.15, 0.2) is 0 Å². The van der Waals surface area contributed by atoms with Crippen molar-refractivity contribution < 1.29 is 4.79 Å². The number of nitrogens with zero attached hydrogens (tertiary/aromatic N) is 2. The average Bonchev–Trinajstić information content (AvgIpc) is 2.54. The van der Waals surface area contributed by atoms with E-state index in [-0.39, 0.29) is 24.6 Å². The van der Waals surface area contributed by atoms with Crippen LogP contribution in [0.15, 0.2) is 41.7 Å². The van der Waals surface area contributed by atoms with Crippen LogP contribution in [0.3, 0.4) is 0 Å². The van der Waals surface area contributed by atoms with Crippen LogP contribution >= 0.6 is 0 Å². The van der Waals surface area contributed by atoms with Gasteiger partial charge in [-0.2, -0.15) is 5.10 Å². The summed E-state index contributed by atoms with van der Waals surface area (Å²) in [6.45, 7) is 3.93. The van der Waals surface area contributed by atoms with Crippen LogP contribution in [0.1, 0.15) is 18.5 Å². The molecule has 1 aromatic carbocycles. The van der Waals surface area contributed by atoms with E-state index in [0.29, 0.717) is 23.9 Å². The van der Waals surface area contributed by atoms with E-state index >= 15 is 0 Å². The number of carbonyl (C=O) groups is 1. The van der Waals surface area contributed by atoms with E-state index in [4.69, 9.17) is 6.42 Å². The molecule has 1 aromatic heterocycles. The summed E-state index contributed by atoms with van der Waals surface area (Å²) in [5, 5.41) is 8.34. The Hall–Kier alpha value is -2.87. The zero-order valence-corrected chi connectivity index (χ0v) is 12.2. The summed E-state index contributed by atoms with van der Waals surface area (Å²) < 4.78 is 1.24. The quantitative estimate of drug-likeness (QED) is 0.650. The molecule has 0 fully saturated rings. The predicted octanol–water partition coefficient (Wildman–Crippen LogP) is 1.61. The fourth-order valence-corrected chi connectivity index (χ4v) is 2.13. The third kappa shape index (κ3) is 3.41. The van der Waals surface area contributed by atoms with E-state index in [1.54, 1.807) is 18.2 Å². The number of benzene rings is 1. The number of aromatic nitrogens is 2. The molecule has 0 aliphatic carbocycles. The van der Waals surface area contributed by atoms with Crippen LogP contribution in [-0.2, 0) is 17.9 Å². The van der Waals surface area contributed by atoms with Gasteiger partial charge >= 0.3 is 0 Å². The van der Waals surface area contributed by atoms with Crippen molar-refractivity contribution >= 4 is 16.7 Å². The molecule has 2 aromatic rings. The Morgan fingerprint density at radius 2 is 2.14 bits per heavy atom. The van der Waals surface area contributed by atoms with Crippen LogP contribution in [0.25, 0.3) is 10.8 Å². The van der Waals surface area contributed by atoms with Crippen molar-refractivity contribution in [1.82, 2.24) is 15.1 Å². The minimum atomic E-state index is -0.227. The number of fused-ring (bicyclic) bond motifs is 1. The van der Waals surface area contributed by atoms with Gasteiger partial charge < -0.3 is 5.32 Å². The van der Waals surface area contributed by atoms with E-state index in [1.165, 1.54) is 4.68 Å². The van der Waals surface area contributed by atoms with Crippen LogP contribution < -0.4 is 10.9 Å². The highest BCUT2D eigenvalue weighted by Crippen LogP contribution is 2.13. The minimum absolute atomic E-state index is 0.0829.